The minimum atomic E-state index is 0.0463. The van der Waals surface area contributed by atoms with E-state index in [4.69, 9.17) is 0 Å². The van der Waals surface area contributed by atoms with Crippen molar-refractivity contribution in [3.05, 3.63) is 35.9 Å². The smallest absolute Gasteiger partial charge is 0.317 e. The van der Waals surface area contributed by atoms with E-state index >= 15 is 0 Å². The lowest BCUT2D eigenvalue weighted by Crippen LogP contribution is -2.50. The summed E-state index contributed by atoms with van der Waals surface area (Å²) in [6, 6.07) is 9.87. The predicted molar refractivity (Wildman–Crippen MR) is 95.0 cm³/mol. The van der Waals surface area contributed by atoms with Gasteiger partial charge in [0.2, 0.25) is 0 Å². The molecule has 0 spiro atoms. The highest BCUT2D eigenvalue weighted by atomic mass is 16.2. The monoisotopic (exact) mass is 328 g/mol. The number of Topliss-reactive ketones (excluding diaryl/α,β-unsaturated/α-hetero) is 1. The summed E-state index contributed by atoms with van der Waals surface area (Å²) in [7, 11) is 0. The van der Waals surface area contributed by atoms with Gasteiger partial charge in [-0.3, -0.25) is 4.79 Å². The van der Waals surface area contributed by atoms with Gasteiger partial charge in [-0.25, -0.2) is 4.79 Å². The summed E-state index contributed by atoms with van der Waals surface area (Å²) in [5, 5.41) is 3.22. The quantitative estimate of drug-likeness (QED) is 0.856. The predicted octanol–water partition coefficient (Wildman–Crippen LogP) is 3.87. The molecule has 1 saturated heterocycles. The third-order valence-electron chi connectivity index (χ3n) is 5.63. The molecule has 4 heteroatoms. The molecule has 0 radical (unpaired) electrons. The Kier molecular flexibility index (Phi) is 5.54. The maximum Gasteiger partial charge on any atom is 0.317 e. The second kappa shape index (κ2) is 7.82. The summed E-state index contributed by atoms with van der Waals surface area (Å²) in [6.07, 6.45) is 6.32. The molecule has 2 aliphatic rings. The maximum atomic E-state index is 12.5. The van der Waals surface area contributed by atoms with Gasteiger partial charge in [-0.15, -0.1) is 0 Å². The van der Waals surface area contributed by atoms with Gasteiger partial charge < -0.3 is 10.2 Å². The number of benzene rings is 1. The largest absolute Gasteiger partial charge is 0.335 e. The minimum Gasteiger partial charge on any atom is -0.335 e. The Morgan fingerprint density at radius 1 is 1.00 bits per heavy atom. The van der Waals surface area contributed by atoms with E-state index in [1.165, 1.54) is 19.3 Å². The number of ketones is 1. The minimum absolute atomic E-state index is 0.0463. The van der Waals surface area contributed by atoms with Crippen molar-refractivity contribution in [2.45, 2.75) is 51.5 Å². The van der Waals surface area contributed by atoms with E-state index in [1.54, 1.807) is 0 Å². The molecule has 1 heterocycles. The highest BCUT2D eigenvalue weighted by Crippen LogP contribution is 2.25. The van der Waals surface area contributed by atoms with Crippen molar-refractivity contribution in [1.29, 1.82) is 0 Å². The molecule has 0 unspecified atom stereocenters. The van der Waals surface area contributed by atoms with Crippen molar-refractivity contribution in [2.24, 2.45) is 11.8 Å². The summed E-state index contributed by atoms with van der Waals surface area (Å²) in [6.45, 7) is 3.58. The number of nitrogens with zero attached hydrogens (tertiary/aromatic N) is 1. The van der Waals surface area contributed by atoms with Crippen molar-refractivity contribution in [1.82, 2.24) is 10.2 Å². The number of carbonyl (C=O) groups is 2. The topological polar surface area (TPSA) is 49.4 Å². The SMILES string of the molecule is C[C@@H]1CCCC[C@H]1NC(=O)N1CCC(C(=O)c2ccccc2)CC1. The summed E-state index contributed by atoms with van der Waals surface area (Å²) < 4.78 is 0. The van der Waals surface area contributed by atoms with Crippen molar-refractivity contribution < 1.29 is 9.59 Å². The van der Waals surface area contributed by atoms with Crippen LogP contribution in [0.2, 0.25) is 0 Å². The van der Waals surface area contributed by atoms with E-state index in [2.05, 4.69) is 12.2 Å². The molecular formula is C20H28N2O2. The Balaban J connectivity index is 1.49. The first-order chi connectivity index (χ1) is 11.6. The van der Waals surface area contributed by atoms with Crippen molar-refractivity contribution in [3.8, 4) is 0 Å². The highest BCUT2D eigenvalue weighted by Gasteiger charge is 2.30. The van der Waals surface area contributed by atoms with Crippen LogP contribution in [0.5, 0.6) is 0 Å². The molecule has 1 aromatic rings. The van der Waals surface area contributed by atoms with Crippen LogP contribution in [0.25, 0.3) is 0 Å². The molecule has 1 saturated carbocycles. The standard InChI is InChI=1S/C20H28N2O2/c1-15-7-5-6-10-18(15)21-20(24)22-13-11-17(12-14-22)19(23)16-8-3-2-4-9-16/h2-4,8-9,15,17-18H,5-7,10-14H2,1H3,(H,21,24)/t15-,18-/m1/s1. The molecular weight excluding hydrogens is 300 g/mol. The third-order valence-corrected chi connectivity index (χ3v) is 5.63. The zero-order chi connectivity index (χ0) is 16.9. The van der Waals surface area contributed by atoms with Crippen LogP contribution in [0, 0.1) is 11.8 Å². The van der Waals surface area contributed by atoms with Gasteiger partial charge in [0.15, 0.2) is 5.78 Å². The van der Waals surface area contributed by atoms with Gasteiger partial charge in [-0.05, 0) is 31.6 Å². The number of hydrogen-bond donors (Lipinski definition) is 1. The molecule has 2 amide bonds. The molecule has 1 aliphatic heterocycles. The Morgan fingerprint density at radius 3 is 2.33 bits per heavy atom. The van der Waals surface area contributed by atoms with Gasteiger partial charge in [-0.2, -0.15) is 0 Å². The number of nitrogens with one attached hydrogen (secondary N) is 1. The van der Waals surface area contributed by atoms with Crippen molar-refractivity contribution >= 4 is 11.8 Å². The normalized spacial score (nSPS) is 25.3. The number of rotatable bonds is 3. The fourth-order valence-corrected chi connectivity index (χ4v) is 3.96. The lowest BCUT2D eigenvalue weighted by molar-refractivity contribution is 0.0851. The molecule has 130 valence electrons. The summed E-state index contributed by atoms with van der Waals surface area (Å²) in [5.41, 5.74) is 0.788. The Labute approximate surface area is 144 Å². The van der Waals surface area contributed by atoms with Crippen LogP contribution in [-0.4, -0.2) is 35.8 Å². The molecule has 0 bridgehead atoms. The lowest BCUT2D eigenvalue weighted by atomic mass is 9.86. The van der Waals surface area contributed by atoms with Crippen LogP contribution in [0.15, 0.2) is 30.3 Å². The van der Waals surface area contributed by atoms with E-state index in [0.717, 1.165) is 24.8 Å². The van der Waals surface area contributed by atoms with E-state index in [0.29, 0.717) is 25.0 Å². The zero-order valence-corrected chi connectivity index (χ0v) is 14.5. The molecule has 4 nitrogen and oxygen atoms in total. The molecule has 1 aliphatic carbocycles. The molecule has 3 rings (SSSR count). The van der Waals surface area contributed by atoms with E-state index in [-0.39, 0.29) is 17.7 Å². The van der Waals surface area contributed by atoms with Crippen LogP contribution < -0.4 is 5.32 Å². The highest BCUT2D eigenvalue weighted by molar-refractivity contribution is 5.97. The molecule has 1 aromatic carbocycles. The summed E-state index contributed by atoms with van der Waals surface area (Å²) >= 11 is 0. The molecule has 2 fully saturated rings. The Hall–Kier alpha value is -1.84. The second-order valence-corrected chi connectivity index (χ2v) is 7.31. The number of carbonyl (C=O) groups excluding carboxylic acids is 2. The first-order valence-electron chi connectivity index (χ1n) is 9.30. The molecule has 24 heavy (non-hydrogen) atoms. The summed E-state index contributed by atoms with van der Waals surface area (Å²) in [4.78, 5) is 26.9. The third kappa shape index (κ3) is 3.97. The van der Waals surface area contributed by atoms with Crippen molar-refractivity contribution in [3.63, 3.8) is 0 Å². The van der Waals surface area contributed by atoms with Gasteiger partial charge in [0, 0.05) is 30.6 Å². The average molecular weight is 328 g/mol. The van der Waals surface area contributed by atoms with Gasteiger partial charge >= 0.3 is 6.03 Å². The van der Waals surface area contributed by atoms with Crippen molar-refractivity contribution in [2.75, 3.05) is 13.1 Å². The maximum absolute atomic E-state index is 12.5. The number of urea groups is 1. The second-order valence-electron chi connectivity index (χ2n) is 7.31. The van der Waals surface area contributed by atoms with Crippen LogP contribution >= 0.6 is 0 Å². The van der Waals surface area contributed by atoms with Crippen LogP contribution in [0.4, 0.5) is 4.79 Å². The van der Waals surface area contributed by atoms with Crippen LogP contribution in [-0.2, 0) is 0 Å². The fraction of sp³-hybridized carbons (Fsp3) is 0.600. The number of amides is 2. The fourth-order valence-electron chi connectivity index (χ4n) is 3.96. The Bertz CT molecular complexity index is 564. The zero-order valence-electron chi connectivity index (χ0n) is 14.5. The molecule has 1 N–H and O–H groups in total. The lowest BCUT2D eigenvalue weighted by Gasteiger charge is -2.35. The number of likely N-dealkylation sites (tertiary alicyclic amines) is 1. The van der Waals surface area contributed by atoms with Gasteiger partial charge in [0.05, 0.1) is 0 Å². The van der Waals surface area contributed by atoms with Gasteiger partial charge in [0.1, 0.15) is 0 Å². The first-order valence-corrected chi connectivity index (χ1v) is 9.30. The molecule has 2 atom stereocenters. The first kappa shape index (κ1) is 17.0. The van der Waals surface area contributed by atoms with Crippen LogP contribution in [0.3, 0.4) is 0 Å². The number of hydrogen-bond acceptors (Lipinski definition) is 2. The van der Waals surface area contributed by atoms with Gasteiger partial charge in [0.25, 0.3) is 0 Å². The summed E-state index contributed by atoms with van der Waals surface area (Å²) in [5.74, 6) is 0.835. The van der Waals surface area contributed by atoms with Gasteiger partial charge in [-0.1, -0.05) is 50.1 Å². The van der Waals surface area contributed by atoms with E-state index in [9.17, 15) is 9.59 Å². The number of piperidine rings is 1. The van der Waals surface area contributed by atoms with Crippen LogP contribution in [0.1, 0.15) is 55.8 Å². The Morgan fingerprint density at radius 2 is 1.67 bits per heavy atom. The molecule has 0 aromatic heterocycles. The van der Waals surface area contributed by atoms with E-state index < -0.39 is 0 Å². The van der Waals surface area contributed by atoms with E-state index in [1.807, 2.05) is 35.2 Å². The average Bonchev–Trinajstić information content (AvgIpc) is 2.64.